The van der Waals surface area contributed by atoms with E-state index in [1.807, 2.05) is 26.8 Å². The SMILES string of the molecule is Cc1cnnc(NC(C)c2cc(C)oc2C)c1. The van der Waals surface area contributed by atoms with Gasteiger partial charge in [0.05, 0.1) is 12.2 Å². The van der Waals surface area contributed by atoms with Gasteiger partial charge in [0.25, 0.3) is 0 Å². The van der Waals surface area contributed by atoms with Gasteiger partial charge in [0.1, 0.15) is 17.3 Å². The molecule has 0 fully saturated rings. The molecule has 0 saturated carbocycles. The molecule has 4 heteroatoms. The Morgan fingerprint density at radius 2 is 2.00 bits per heavy atom. The van der Waals surface area contributed by atoms with Crippen LogP contribution in [0, 0.1) is 20.8 Å². The van der Waals surface area contributed by atoms with Gasteiger partial charge in [0.2, 0.25) is 0 Å². The fraction of sp³-hybridized carbons (Fsp3) is 0.385. The van der Waals surface area contributed by atoms with Crippen LogP contribution in [0.25, 0.3) is 0 Å². The average Bonchev–Trinajstić information content (AvgIpc) is 2.58. The minimum atomic E-state index is 0.156. The third-order valence-corrected chi connectivity index (χ3v) is 2.70. The Morgan fingerprint density at radius 3 is 2.59 bits per heavy atom. The van der Waals surface area contributed by atoms with Crippen molar-refractivity contribution in [2.24, 2.45) is 0 Å². The second-order valence-corrected chi connectivity index (χ2v) is 4.35. The normalized spacial score (nSPS) is 12.5. The number of furan rings is 1. The van der Waals surface area contributed by atoms with Crippen molar-refractivity contribution in [3.8, 4) is 0 Å². The second kappa shape index (κ2) is 4.57. The molecule has 2 rings (SSSR count). The predicted molar refractivity (Wildman–Crippen MR) is 67.0 cm³/mol. The standard InChI is InChI=1S/C13H17N3O/c1-8-5-13(16-14-7-8)15-10(3)12-6-9(2)17-11(12)4/h5-7,10H,1-4H3,(H,15,16). The smallest absolute Gasteiger partial charge is 0.149 e. The molecule has 0 bridgehead atoms. The van der Waals surface area contributed by atoms with Crippen LogP contribution < -0.4 is 5.32 Å². The number of rotatable bonds is 3. The molecule has 1 unspecified atom stereocenters. The van der Waals surface area contributed by atoms with E-state index in [-0.39, 0.29) is 6.04 Å². The van der Waals surface area contributed by atoms with Crippen LogP contribution in [0.15, 0.2) is 22.7 Å². The van der Waals surface area contributed by atoms with E-state index in [4.69, 9.17) is 4.42 Å². The summed E-state index contributed by atoms with van der Waals surface area (Å²) in [6, 6.07) is 4.19. The lowest BCUT2D eigenvalue weighted by Crippen LogP contribution is -2.08. The lowest BCUT2D eigenvalue weighted by molar-refractivity contribution is 0.499. The van der Waals surface area contributed by atoms with Crippen LogP contribution in [0.1, 0.15) is 35.6 Å². The summed E-state index contributed by atoms with van der Waals surface area (Å²) in [5.74, 6) is 2.67. The molecule has 0 aliphatic carbocycles. The maximum atomic E-state index is 5.52. The summed E-state index contributed by atoms with van der Waals surface area (Å²) < 4.78 is 5.52. The van der Waals surface area contributed by atoms with Crippen LogP contribution in [0.3, 0.4) is 0 Å². The minimum Gasteiger partial charge on any atom is -0.466 e. The highest BCUT2D eigenvalue weighted by Gasteiger charge is 2.13. The third-order valence-electron chi connectivity index (χ3n) is 2.70. The van der Waals surface area contributed by atoms with Crippen molar-refractivity contribution in [2.45, 2.75) is 33.7 Å². The summed E-state index contributed by atoms with van der Waals surface area (Å²) >= 11 is 0. The first kappa shape index (κ1) is 11.6. The Balaban J connectivity index is 2.16. The van der Waals surface area contributed by atoms with Crippen LogP contribution in [0.4, 0.5) is 5.82 Å². The van der Waals surface area contributed by atoms with Crippen LogP contribution >= 0.6 is 0 Å². The molecule has 0 aliphatic heterocycles. The van der Waals surface area contributed by atoms with E-state index in [1.54, 1.807) is 6.20 Å². The van der Waals surface area contributed by atoms with Gasteiger partial charge < -0.3 is 9.73 Å². The highest BCUT2D eigenvalue weighted by molar-refractivity contribution is 5.39. The van der Waals surface area contributed by atoms with Gasteiger partial charge in [-0.15, -0.1) is 5.10 Å². The second-order valence-electron chi connectivity index (χ2n) is 4.35. The van der Waals surface area contributed by atoms with Gasteiger partial charge in [-0.05, 0) is 45.4 Å². The molecular formula is C13H17N3O. The summed E-state index contributed by atoms with van der Waals surface area (Å²) in [5.41, 5.74) is 2.25. The van der Waals surface area contributed by atoms with E-state index in [2.05, 4.69) is 28.5 Å². The Hall–Kier alpha value is -1.84. The van der Waals surface area contributed by atoms with Crippen molar-refractivity contribution >= 4 is 5.82 Å². The largest absolute Gasteiger partial charge is 0.466 e. The first-order valence-electron chi connectivity index (χ1n) is 5.69. The average molecular weight is 231 g/mol. The van der Waals surface area contributed by atoms with Gasteiger partial charge >= 0.3 is 0 Å². The predicted octanol–water partition coefficient (Wildman–Crippen LogP) is 3.17. The zero-order chi connectivity index (χ0) is 12.4. The van der Waals surface area contributed by atoms with E-state index < -0.39 is 0 Å². The molecule has 0 aliphatic rings. The molecule has 2 heterocycles. The summed E-state index contributed by atoms with van der Waals surface area (Å²) in [5, 5.41) is 11.3. The first-order valence-corrected chi connectivity index (χ1v) is 5.69. The molecule has 1 N–H and O–H groups in total. The van der Waals surface area contributed by atoms with Crippen molar-refractivity contribution in [3.05, 3.63) is 41.0 Å². The van der Waals surface area contributed by atoms with Gasteiger partial charge in [0.15, 0.2) is 0 Å². The van der Waals surface area contributed by atoms with E-state index in [1.165, 1.54) is 0 Å². The lowest BCUT2D eigenvalue weighted by atomic mass is 10.1. The fourth-order valence-electron chi connectivity index (χ4n) is 1.91. The van der Waals surface area contributed by atoms with E-state index in [0.717, 1.165) is 28.5 Å². The van der Waals surface area contributed by atoms with Gasteiger partial charge in [-0.3, -0.25) is 0 Å². The fourth-order valence-corrected chi connectivity index (χ4v) is 1.91. The summed E-state index contributed by atoms with van der Waals surface area (Å²) in [6.45, 7) is 8.01. The van der Waals surface area contributed by atoms with Crippen LogP contribution in [-0.4, -0.2) is 10.2 Å². The zero-order valence-corrected chi connectivity index (χ0v) is 10.6. The van der Waals surface area contributed by atoms with Crippen molar-refractivity contribution in [1.82, 2.24) is 10.2 Å². The number of hydrogen-bond donors (Lipinski definition) is 1. The monoisotopic (exact) mass is 231 g/mol. The molecule has 0 spiro atoms. The van der Waals surface area contributed by atoms with Crippen LogP contribution in [0.5, 0.6) is 0 Å². The summed E-state index contributed by atoms with van der Waals surface area (Å²) in [6.07, 6.45) is 1.74. The molecule has 4 nitrogen and oxygen atoms in total. The number of nitrogens with one attached hydrogen (secondary N) is 1. The van der Waals surface area contributed by atoms with Gasteiger partial charge in [0, 0.05) is 5.56 Å². The number of aromatic nitrogens is 2. The van der Waals surface area contributed by atoms with E-state index in [9.17, 15) is 0 Å². The number of hydrogen-bond acceptors (Lipinski definition) is 4. The van der Waals surface area contributed by atoms with Crippen molar-refractivity contribution < 1.29 is 4.42 Å². The lowest BCUT2D eigenvalue weighted by Gasteiger charge is -2.13. The molecule has 2 aromatic rings. The molecule has 0 radical (unpaired) electrons. The molecular weight excluding hydrogens is 214 g/mol. The molecule has 1 atom stereocenters. The van der Waals surface area contributed by atoms with E-state index >= 15 is 0 Å². The molecule has 0 saturated heterocycles. The van der Waals surface area contributed by atoms with Gasteiger partial charge in [-0.25, -0.2) is 0 Å². The highest BCUT2D eigenvalue weighted by atomic mass is 16.3. The molecule has 0 aromatic carbocycles. The van der Waals surface area contributed by atoms with Gasteiger partial charge in [-0.1, -0.05) is 0 Å². The topological polar surface area (TPSA) is 51.0 Å². The highest BCUT2D eigenvalue weighted by Crippen LogP contribution is 2.24. The summed E-state index contributed by atoms with van der Waals surface area (Å²) in [7, 11) is 0. The van der Waals surface area contributed by atoms with Crippen LogP contribution in [-0.2, 0) is 0 Å². The molecule has 2 aromatic heterocycles. The van der Waals surface area contributed by atoms with Gasteiger partial charge in [-0.2, -0.15) is 5.10 Å². The zero-order valence-electron chi connectivity index (χ0n) is 10.6. The number of aryl methyl sites for hydroxylation is 3. The third kappa shape index (κ3) is 2.64. The van der Waals surface area contributed by atoms with Crippen LogP contribution in [0.2, 0.25) is 0 Å². The number of nitrogens with zero attached hydrogens (tertiary/aromatic N) is 2. The Labute approximate surface area is 101 Å². The first-order chi connectivity index (χ1) is 8.06. The minimum absolute atomic E-state index is 0.156. The maximum absolute atomic E-state index is 5.52. The Bertz CT molecular complexity index is 519. The Kier molecular flexibility index (Phi) is 3.13. The quantitative estimate of drug-likeness (QED) is 0.881. The van der Waals surface area contributed by atoms with E-state index in [0.29, 0.717) is 0 Å². The van der Waals surface area contributed by atoms with Crippen molar-refractivity contribution in [1.29, 1.82) is 0 Å². The van der Waals surface area contributed by atoms with Crippen molar-refractivity contribution in [2.75, 3.05) is 5.32 Å². The Morgan fingerprint density at radius 1 is 1.24 bits per heavy atom. The molecule has 0 amide bonds. The molecule has 90 valence electrons. The summed E-state index contributed by atoms with van der Waals surface area (Å²) in [4.78, 5) is 0. The molecule has 17 heavy (non-hydrogen) atoms. The van der Waals surface area contributed by atoms with Crippen molar-refractivity contribution in [3.63, 3.8) is 0 Å². The number of anilines is 1. The maximum Gasteiger partial charge on any atom is 0.149 e.